The van der Waals surface area contributed by atoms with E-state index < -0.39 is 11.8 Å². The lowest BCUT2D eigenvalue weighted by Crippen LogP contribution is -2.44. The average molecular weight is 377 g/mol. The quantitative estimate of drug-likeness (QED) is 0.785. The van der Waals surface area contributed by atoms with Crippen LogP contribution in [0.25, 0.3) is 0 Å². The van der Waals surface area contributed by atoms with Gasteiger partial charge in [-0.1, -0.05) is 35.9 Å². The van der Waals surface area contributed by atoms with E-state index in [9.17, 15) is 9.59 Å². The van der Waals surface area contributed by atoms with Crippen LogP contribution in [0.2, 0.25) is 0 Å². The third kappa shape index (κ3) is 3.55. The summed E-state index contributed by atoms with van der Waals surface area (Å²) < 4.78 is 5.83. The van der Waals surface area contributed by atoms with Crippen molar-refractivity contribution in [2.45, 2.75) is 32.6 Å². The number of hydrogen-bond donors (Lipinski definition) is 2. The molecule has 2 amide bonds. The van der Waals surface area contributed by atoms with E-state index in [1.54, 1.807) is 6.20 Å². The summed E-state index contributed by atoms with van der Waals surface area (Å²) in [6, 6.07) is 11.4. The summed E-state index contributed by atoms with van der Waals surface area (Å²) in [5.41, 5.74) is 3.65. The zero-order valence-corrected chi connectivity index (χ0v) is 15.9. The second kappa shape index (κ2) is 7.56. The Morgan fingerprint density at radius 3 is 2.46 bits per heavy atom. The molecule has 2 N–H and O–H groups in total. The number of aryl methyl sites for hydroxylation is 2. The first-order chi connectivity index (χ1) is 13.5. The molecular weight excluding hydrogens is 354 g/mol. The highest BCUT2D eigenvalue weighted by Crippen LogP contribution is 2.40. The first-order valence-corrected chi connectivity index (χ1v) is 9.42. The zero-order chi connectivity index (χ0) is 19.7. The molecule has 6 nitrogen and oxygen atoms in total. The average Bonchev–Trinajstić information content (AvgIpc) is 3.30. The number of carbonyl (C=O) groups excluding carboxylic acids is 2. The van der Waals surface area contributed by atoms with Crippen LogP contribution in [0.3, 0.4) is 0 Å². The smallest absolute Gasteiger partial charge is 0.231 e. The number of nitrogens with one attached hydrogen (secondary N) is 2. The van der Waals surface area contributed by atoms with Gasteiger partial charge in [-0.3, -0.25) is 14.6 Å². The van der Waals surface area contributed by atoms with Crippen LogP contribution in [-0.4, -0.2) is 29.0 Å². The van der Waals surface area contributed by atoms with Crippen LogP contribution in [0, 0.1) is 25.7 Å². The summed E-state index contributed by atoms with van der Waals surface area (Å²) in [5.74, 6) is -1.49. The Morgan fingerprint density at radius 1 is 1.04 bits per heavy atom. The number of nitrogens with zero attached hydrogens (tertiary/aromatic N) is 1. The molecule has 2 bridgehead atoms. The summed E-state index contributed by atoms with van der Waals surface area (Å²) in [5, 5.41) is 5.88. The van der Waals surface area contributed by atoms with E-state index in [4.69, 9.17) is 4.74 Å². The van der Waals surface area contributed by atoms with Gasteiger partial charge in [-0.05, 0) is 37.6 Å². The molecule has 1 aromatic carbocycles. The van der Waals surface area contributed by atoms with E-state index in [1.165, 1.54) is 0 Å². The van der Waals surface area contributed by atoms with Crippen molar-refractivity contribution in [3.8, 4) is 0 Å². The van der Waals surface area contributed by atoms with Crippen molar-refractivity contribution in [2.75, 3.05) is 5.32 Å². The van der Waals surface area contributed by atoms with Gasteiger partial charge < -0.3 is 15.4 Å². The summed E-state index contributed by atoms with van der Waals surface area (Å²) in [6.07, 6.45) is 4.69. The molecule has 0 radical (unpaired) electrons. The van der Waals surface area contributed by atoms with Gasteiger partial charge in [-0.2, -0.15) is 0 Å². The number of anilines is 1. The van der Waals surface area contributed by atoms with Crippen molar-refractivity contribution in [1.29, 1.82) is 0 Å². The van der Waals surface area contributed by atoms with Crippen molar-refractivity contribution in [1.82, 2.24) is 10.3 Å². The lowest BCUT2D eigenvalue weighted by molar-refractivity contribution is -0.131. The Kier molecular flexibility index (Phi) is 4.96. The number of amides is 2. The molecule has 28 heavy (non-hydrogen) atoms. The Morgan fingerprint density at radius 2 is 1.79 bits per heavy atom. The van der Waals surface area contributed by atoms with Gasteiger partial charge in [0.15, 0.2) is 0 Å². The van der Waals surface area contributed by atoms with E-state index in [0.717, 1.165) is 22.5 Å². The molecule has 144 valence electrons. The molecule has 1 saturated heterocycles. The molecule has 2 aliphatic heterocycles. The molecule has 3 heterocycles. The maximum absolute atomic E-state index is 13.0. The van der Waals surface area contributed by atoms with Gasteiger partial charge in [0.1, 0.15) is 0 Å². The fourth-order valence-corrected chi connectivity index (χ4v) is 3.90. The molecule has 4 unspecified atom stereocenters. The van der Waals surface area contributed by atoms with Crippen LogP contribution in [0.1, 0.15) is 16.8 Å². The predicted molar refractivity (Wildman–Crippen MR) is 105 cm³/mol. The maximum atomic E-state index is 13.0. The number of hydrogen-bond acceptors (Lipinski definition) is 4. The number of fused-ring (bicyclic) bond motifs is 2. The van der Waals surface area contributed by atoms with Gasteiger partial charge in [0.2, 0.25) is 11.8 Å². The minimum atomic E-state index is -0.556. The molecular formula is C22H23N3O3. The van der Waals surface area contributed by atoms with E-state index in [2.05, 4.69) is 15.6 Å². The fourth-order valence-electron chi connectivity index (χ4n) is 3.90. The van der Waals surface area contributed by atoms with Crippen LogP contribution < -0.4 is 10.6 Å². The van der Waals surface area contributed by atoms with Crippen molar-refractivity contribution in [3.63, 3.8) is 0 Å². The highest BCUT2D eigenvalue weighted by Gasteiger charge is 2.52. The number of carbonyl (C=O) groups is 2. The Labute approximate surface area is 164 Å². The highest BCUT2D eigenvalue weighted by atomic mass is 16.5. The Balaban J connectivity index is 1.48. The molecule has 4 atom stereocenters. The number of ether oxygens (including phenoxy) is 1. The van der Waals surface area contributed by atoms with E-state index in [1.807, 2.05) is 62.4 Å². The zero-order valence-electron chi connectivity index (χ0n) is 15.9. The summed E-state index contributed by atoms with van der Waals surface area (Å²) in [4.78, 5) is 30.1. The van der Waals surface area contributed by atoms with Crippen LogP contribution in [0.15, 0.2) is 54.7 Å². The molecule has 0 spiro atoms. The van der Waals surface area contributed by atoms with E-state index in [0.29, 0.717) is 6.54 Å². The summed E-state index contributed by atoms with van der Waals surface area (Å²) in [7, 11) is 0. The number of rotatable bonds is 5. The topological polar surface area (TPSA) is 80.3 Å². The lowest BCUT2D eigenvalue weighted by atomic mass is 9.81. The number of aromatic nitrogens is 1. The standard InChI is InChI=1S/C22H23N3O3/c1-13-6-7-16(14(2)11-13)25-22(27)20-18-9-8-17(28-18)19(20)21(26)24-12-15-5-3-4-10-23-15/h3-11,17-20H,12H2,1-2H3,(H,24,26)(H,25,27). The van der Waals surface area contributed by atoms with Gasteiger partial charge >= 0.3 is 0 Å². The van der Waals surface area contributed by atoms with E-state index in [-0.39, 0.29) is 24.0 Å². The second-order valence-corrected chi connectivity index (χ2v) is 7.35. The minimum absolute atomic E-state index is 0.191. The minimum Gasteiger partial charge on any atom is -0.365 e. The van der Waals surface area contributed by atoms with Crippen molar-refractivity contribution >= 4 is 17.5 Å². The molecule has 4 rings (SSSR count). The summed E-state index contributed by atoms with van der Waals surface area (Å²) >= 11 is 0. The SMILES string of the molecule is Cc1ccc(NC(=O)C2C3C=CC(O3)C2C(=O)NCc2ccccn2)c(C)c1. The Bertz CT molecular complexity index is 926. The molecule has 2 aliphatic rings. The van der Waals surface area contributed by atoms with Crippen molar-refractivity contribution in [3.05, 3.63) is 71.6 Å². The first kappa shape index (κ1) is 18.4. The first-order valence-electron chi connectivity index (χ1n) is 9.42. The predicted octanol–water partition coefficient (Wildman–Crippen LogP) is 2.52. The van der Waals surface area contributed by atoms with Gasteiger partial charge in [-0.25, -0.2) is 0 Å². The second-order valence-electron chi connectivity index (χ2n) is 7.35. The molecule has 0 aliphatic carbocycles. The molecule has 0 saturated carbocycles. The van der Waals surface area contributed by atoms with Crippen LogP contribution in [0.5, 0.6) is 0 Å². The van der Waals surface area contributed by atoms with Crippen molar-refractivity contribution < 1.29 is 14.3 Å². The van der Waals surface area contributed by atoms with Crippen molar-refractivity contribution in [2.24, 2.45) is 11.8 Å². The van der Waals surface area contributed by atoms with Crippen LogP contribution >= 0.6 is 0 Å². The largest absolute Gasteiger partial charge is 0.365 e. The van der Waals surface area contributed by atoms with Gasteiger partial charge in [0.05, 0.1) is 36.3 Å². The summed E-state index contributed by atoms with van der Waals surface area (Å²) in [6.45, 7) is 4.29. The van der Waals surface area contributed by atoms with Gasteiger partial charge in [-0.15, -0.1) is 0 Å². The maximum Gasteiger partial charge on any atom is 0.231 e. The molecule has 6 heteroatoms. The van der Waals surface area contributed by atoms with E-state index >= 15 is 0 Å². The molecule has 1 fully saturated rings. The monoisotopic (exact) mass is 377 g/mol. The molecule has 1 aromatic heterocycles. The van der Waals surface area contributed by atoms with Crippen LogP contribution in [-0.2, 0) is 20.9 Å². The van der Waals surface area contributed by atoms with Gasteiger partial charge in [0.25, 0.3) is 0 Å². The van der Waals surface area contributed by atoms with Gasteiger partial charge in [0, 0.05) is 11.9 Å². The third-order valence-electron chi connectivity index (χ3n) is 5.31. The highest BCUT2D eigenvalue weighted by molar-refractivity contribution is 5.98. The molecule has 2 aromatic rings. The third-order valence-corrected chi connectivity index (χ3v) is 5.31. The lowest BCUT2D eigenvalue weighted by Gasteiger charge is -2.24. The fraction of sp³-hybridized carbons (Fsp3) is 0.318. The Hall–Kier alpha value is -2.99. The van der Waals surface area contributed by atoms with Crippen LogP contribution in [0.4, 0.5) is 5.69 Å². The number of benzene rings is 1. The normalized spacial score (nSPS) is 24.9. The number of pyridine rings is 1.